The quantitative estimate of drug-likeness (QED) is 0.372. The monoisotopic (exact) mass is 506 g/mol. The van der Waals surface area contributed by atoms with Gasteiger partial charge in [0.05, 0.1) is 34.0 Å². The Hall–Kier alpha value is -2.74. The molecule has 2 atom stereocenters. The van der Waals surface area contributed by atoms with Crippen molar-refractivity contribution in [2.24, 2.45) is 0 Å². The number of alkyl halides is 3. The van der Waals surface area contributed by atoms with E-state index in [1.807, 2.05) is 6.08 Å². The minimum atomic E-state index is -4.78. The fraction of sp³-hybridized carbons (Fsp3) is 0.480. The molecule has 188 valence electrons. The second-order valence-corrected chi connectivity index (χ2v) is 15.7. The lowest BCUT2D eigenvalue weighted by Gasteiger charge is -2.37. The summed E-state index contributed by atoms with van der Waals surface area (Å²) >= 11 is 0. The van der Waals surface area contributed by atoms with Crippen molar-refractivity contribution in [3.63, 3.8) is 0 Å². The van der Waals surface area contributed by atoms with Crippen molar-refractivity contribution in [2.45, 2.75) is 69.6 Å². The van der Waals surface area contributed by atoms with E-state index >= 15 is 0 Å². The van der Waals surface area contributed by atoms with Crippen molar-refractivity contribution < 1.29 is 32.5 Å². The number of rotatable bonds is 5. The zero-order valence-electron chi connectivity index (χ0n) is 20.5. The zero-order chi connectivity index (χ0) is 26.2. The Morgan fingerprint density at radius 2 is 1.74 bits per heavy atom. The fourth-order valence-electron chi connectivity index (χ4n) is 4.61. The summed E-state index contributed by atoms with van der Waals surface area (Å²) < 4.78 is 54.2. The molecule has 0 aliphatic carbocycles. The Labute approximate surface area is 203 Å². The second kappa shape index (κ2) is 7.63. The van der Waals surface area contributed by atoms with E-state index in [0.717, 1.165) is 16.7 Å². The first-order valence-corrected chi connectivity index (χ1v) is 14.2. The summed E-state index contributed by atoms with van der Waals surface area (Å²) in [5.74, 6) is -0.815. The fourth-order valence-corrected chi connectivity index (χ4v) is 5.65. The van der Waals surface area contributed by atoms with E-state index in [1.54, 1.807) is 13.0 Å². The average molecular weight is 507 g/mol. The molecule has 35 heavy (non-hydrogen) atoms. The van der Waals surface area contributed by atoms with Crippen LogP contribution in [0.2, 0.25) is 18.1 Å². The number of hydrogen-bond donors (Lipinski definition) is 2. The normalized spacial score (nSPS) is 23.5. The molecule has 4 rings (SSSR count). The van der Waals surface area contributed by atoms with Gasteiger partial charge >= 0.3 is 6.18 Å². The predicted molar refractivity (Wildman–Crippen MR) is 126 cm³/mol. The van der Waals surface area contributed by atoms with E-state index in [-0.39, 0.29) is 10.7 Å². The van der Waals surface area contributed by atoms with Gasteiger partial charge in [-0.1, -0.05) is 20.8 Å². The van der Waals surface area contributed by atoms with Crippen LogP contribution in [0.15, 0.2) is 30.4 Å². The number of aromatic nitrogens is 1. The maximum atomic E-state index is 13.5. The third-order valence-electron chi connectivity index (χ3n) is 7.53. The first-order valence-electron chi connectivity index (χ1n) is 11.3. The molecular weight excluding hydrogens is 477 g/mol. The SMILES string of the molecule is CC12C=CC(CCO[Si](C)(C)C(C)(C)C)(O1)c1c2c(O)n(-c2ccc(C#N)c(C(F)(F)F)c2)c1O. The molecule has 2 bridgehead atoms. The van der Waals surface area contributed by atoms with Crippen LogP contribution in [0.5, 0.6) is 11.8 Å². The van der Waals surface area contributed by atoms with E-state index in [4.69, 9.17) is 14.4 Å². The van der Waals surface area contributed by atoms with Gasteiger partial charge in [-0.25, -0.2) is 0 Å². The smallest absolute Gasteiger partial charge is 0.417 e. The standard InChI is InChI=1S/C25H29F3N2O4Si/c1-22(2,3)35(5,6)33-12-11-24-10-9-23(4,34-24)18-19(24)21(32)30(20(18)31)16-8-7-15(14-29)17(13-16)25(26,27)28/h7-10,13,31-32H,11-12H2,1-6H3. The Kier molecular flexibility index (Phi) is 5.52. The number of nitrogens with zero attached hydrogens (tertiary/aromatic N) is 2. The molecule has 1 aromatic heterocycles. The van der Waals surface area contributed by atoms with Crippen LogP contribution in [0.25, 0.3) is 5.69 Å². The highest BCUT2D eigenvalue weighted by molar-refractivity contribution is 6.74. The summed E-state index contributed by atoms with van der Waals surface area (Å²) in [5.41, 5.74) is -3.32. The van der Waals surface area contributed by atoms with Crippen LogP contribution in [-0.4, -0.2) is 29.7 Å². The van der Waals surface area contributed by atoms with E-state index in [9.17, 15) is 23.4 Å². The van der Waals surface area contributed by atoms with Crippen LogP contribution < -0.4 is 0 Å². The molecule has 2 N–H and O–H groups in total. The molecular formula is C25H29F3N2O4Si. The number of aromatic hydroxyl groups is 2. The van der Waals surface area contributed by atoms with Gasteiger partial charge in [-0.15, -0.1) is 0 Å². The van der Waals surface area contributed by atoms with E-state index in [0.29, 0.717) is 24.2 Å². The molecule has 10 heteroatoms. The zero-order valence-corrected chi connectivity index (χ0v) is 21.5. The van der Waals surface area contributed by atoms with Crippen molar-refractivity contribution in [2.75, 3.05) is 6.61 Å². The number of fused-ring (bicyclic) bond motifs is 5. The maximum absolute atomic E-state index is 13.5. The summed E-state index contributed by atoms with van der Waals surface area (Å²) in [6, 6.07) is 4.57. The van der Waals surface area contributed by atoms with Crippen LogP contribution in [0.4, 0.5) is 13.2 Å². The third-order valence-corrected chi connectivity index (χ3v) is 12.1. The van der Waals surface area contributed by atoms with Crippen molar-refractivity contribution in [3.05, 3.63) is 52.6 Å². The highest BCUT2D eigenvalue weighted by Crippen LogP contribution is 2.62. The Morgan fingerprint density at radius 3 is 2.31 bits per heavy atom. The Morgan fingerprint density at radius 1 is 1.11 bits per heavy atom. The Balaban J connectivity index is 1.77. The van der Waals surface area contributed by atoms with Gasteiger partial charge < -0.3 is 19.4 Å². The molecule has 2 aromatic rings. The molecule has 0 amide bonds. The molecule has 0 saturated carbocycles. The Bertz CT molecular complexity index is 1270. The van der Waals surface area contributed by atoms with Crippen LogP contribution >= 0.6 is 0 Å². The van der Waals surface area contributed by atoms with Crippen LogP contribution in [0, 0.1) is 11.3 Å². The molecule has 6 nitrogen and oxygen atoms in total. The van der Waals surface area contributed by atoms with Crippen LogP contribution in [0.3, 0.4) is 0 Å². The van der Waals surface area contributed by atoms with Gasteiger partial charge in [0.1, 0.15) is 11.2 Å². The van der Waals surface area contributed by atoms with Crippen molar-refractivity contribution >= 4 is 8.32 Å². The highest BCUT2D eigenvalue weighted by atomic mass is 28.4. The first-order chi connectivity index (χ1) is 16.0. The van der Waals surface area contributed by atoms with Crippen LogP contribution in [0.1, 0.15) is 56.4 Å². The van der Waals surface area contributed by atoms with E-state index in [2.05, 4.69) is 33.9 Å². The molecule has 0 saturated heterocycles. The summed E-state index contributed by atoms with van der Waals surface area (Å²) in [7, 11) is -2.05. The largest absolute Gasteiger partial charge is 0.494 e. The molecule has 2 aliphatic heterocycles. The van der Waals surface area contributed by atoms with Crippen molar-refractivity contribution in [1.82, 2.24) is 4.57 Å². The van der Waals surface area contributed by atoms with Crippen molar-refractivity contribution in [3.8, 4) is 23.5 Å². The summed E-state index contributed by atoms with van der Waals surface area (Å²) in [6.45, 7) is 12.7. The minimum Gasteiger partial charge on any atom is -0.494 e. The van der Waals surface area contributed by atoms with E-state index in [1.165, 1.54) is 12.1 Å². The number of benzene rings is 1. The topological polar surface area (TPSA) is 87.6 Å². The van der Waals surface area contributed by atoms with Crippen LogP contribution in [-0.2, 0) is 26.5 Å². The molecule has 0 spiro atoms. The number of hydrogen-bond acceptors (Lipinski definition) is 5. The van der Waals surface area contributed by atoms with Gasteiger partial charge in [0, 0.05) is 13.0 Å². The average Bonchev–Trinajstić information content (AvgIpc) is 3.30. The summed E-state index contributed by atoms with van der Waals surface area (Å²) in [6.07, 6.45) is -0.824. The molecule has 2 unspecified atom stereocenters. The third kappa shape index (κ3) is 3.77. The lowest BCUT2D eigenvalue weighted by atomic mass is 9.83. The second-order valence-electron chi connectivity index (χ2n) is 10.9. The van der Waals surface area contributed by atoms with E-state index < -0.39 is 48.6 Å². The molecule has 0 fully saturated rings. The number of ether oxygens (including phenoxy) is 1. The summed E-state index contributed by atoms with van der Waals surface area (Å²) in [4.78, 5) is 0. The van der Waals surface area contributed by atoms with Gasteiger partial charge in [0.15, 0.2) is 8.32 Å². The highest BCUT2D eigenvalue weighted by Gasteiger charge is 2.58. The van der Waals surface area contributed by atoms with Crippen molar-refractivity contribution in [1.29, 1.82) is 5.26 Å². The lowest BCUT2D eigenvalue weighted by molar-refractivity contribution is -0.137. The predicted octanol–water partition coefficient (Wildman–Crippen LogP) is 6.20. The first kappa shape index (κ1) is 25.4. The molecule has 1 aromatic carbocycles. The lowest BCUT2D eigenvalue weighted by Crippen LogP contribution is -2.41. The number of halogens is 3. The number of nitriles is 1. The minimum absolute atomic E-state index is 0.00189. The van der Waals surface area contributed by atoms with Gasteiger partial charge in [0.25, 0.3) is 0 Å². The van der Waals surface area contributed by atoms with Gasteiger partial charge in [-0.05, 0) is 55.4 Å². The molecule has 0 radical (unpaired) electrons. The van der Waals surface area contributed by atoms with Gasteiger partial charge in [-0.2, -0.15) is 18.4 Å². The molecule has 2 aliphatic rings. The van der Waals surface area contributed by atoms with Gasteiger partial charge in [0.2, 0.25) is 11.8 Å². The molecule has 3 heterocycles. The maximum Gasteiger partial charge on any atom is 0.417 e. The summed E-state index contributed by atoms with van der Waals surface area (Å²) in [5, 5.41) is 31.4. The van der Waals surface area contributed by atoms with Gasteiger partial charge in [-0.3, -0.25) is 4.57 Å².